The van der Waals surface area contributed by atoms with E-state index in [0.29, 0.717) is 17.5 Å². The Labute approximate surface area is 120 Å². The van der Waals surface area contributed by atoms with Crippen molar-refractivity contribution in [2.75, 3.05) is 5.73 Å². The molecule has 3 aromatic rings. The second kappa shape index (κ2) is 4.76. The van der Waals surface area contributed by atoms with Gasteiger partial charge in [0.1, 0.15) is 0 Å². The molecule has 0 aliphatic carbocycles. The van der Waals surface area contributed by atoms with Crippen LogP contribution in [0.1, 0.15) is 5.56 Å². The van der Waals surface area contributed by atoms with Gasteiger partial charge in [0.2, 0.25) is 5.95 Å². The molecule has 2 aromatic carbocycles. The Morgan fingerprint density at radius 3 is 2.68 bits per heavy atom. The highest BCUT2D eigenvalue weighted by molar-refractivity contribution is 6.31. The number of fused-ring (bicyclic) bond motifs is 1. The van der Waals surface area contributed by atoms with Crippen LogP contribution in [0, 0.1) is 0 Å². The summed E-state index contributed by atoms with van der Waals surface area (Å²) in [5.74, 6) is 0.456. The molecular formula is C14H11Cl2N3. The summed E-state index contributed by atoms with van der Waals surface area (Å²) in [7, 11) is 0. The first-order valence-corrected chi connectivity index (χ1v) is 6.55. The summed E-state index contributed by atoms with van der Waals surface area (Å²) in [6, 6.07) is 13.2. The Balaban J connectivity index is 2.10. The second-order valence-corrected chi connectivity index (χ2v) is 5.12. The fourth-order valence-electron chi connectivity index (χ4n) is 2.08. The zero-order valence-corrected chi connectivity index (χ0v) is 11.5. The molecule has 19 heavy (non-hydrogen) atoms. The molecule has 0 aliphatic rings. The molecule has 3 rings (SSSR count). The van der Waals surface area contributed by atoms with Gasteiger partial charge < -0.3 is 10.3 Å². The van der Waals surface area contributed by atoms with E-state index in [2.05, 4.69) is 4.98 Å². The lowest BCUT2D eigenvalue weighted by Crippen LogP contribution is -2.04. The van der Waals surface area contributed by atoms with Crippen LogP contribution in [0.2, 0.25) is 10.0 Å². The molecule has 2 N–H and O–H groups in total. The van der Waals surface area contributed by atoms with E-state index in [1.165, 1.54) is 0 Å². The minimum absolute atomic E-state index is 0.456. The molecule has 5 heteroatoms. The van der Waals surface area contributed by atoms with Crippen molar-refractivity contribution in [3.8, 4) is 0 Å². The van der Waals surface area contributed by atoms with Crippen LogP contribution in [-0.2, 0) is 6.54 Å². The number of hydrogen-bond donors (Lipinski definition) is 1. The molecule has 0 atom stereocenters. The normalized spacial score (nSPS) is 11.1. The summed E-state index contributed by atoms with van der Waals surface area (Å²) in [6.45, 7) is 0.587. The smallest absolute Gasteiger partial charge is 0.201 e. The van der Waals surface area contributed by atoms with Gasteiger partial charge in [-0.15, -0.1) is 0 Å². The van der Waals surface area contributed by atoms with Gasteiger partial charge in [0.05, 0.1) is 17.6 Å². The molecule has 0 radical (unpaired) electrons. The number of nitrogens with zero attached hydrogens (tertiary/aromatic N) is 2. The topological polar surface area (TPSA) is 43.8 Å². The highest BCUT2D eigenvalue weighted by Gasteiger charge is 2.10. The Hall–Kier alpha value is -1.71. The number of hydrogen-bond acceptors (Lipinski definition) is 2. The third-order valence-electron chi connectivity index (χ3n) is 3.03. The van der Waals surface area contributed by atoms with Crippen LogP contribution >= 0.6 is 23.2 Å². The monoisotopic (exact) mass is 291 g/mol. The second-order valence-electron chi connectivity index (χ2n) is 4.28. The third-order valence-corrected chi connectivity index (χ3v) is 3.63. The van der Waals surface area contributed by atoms with E-state index in [9.17, 15) is 0 Å². The lowest BCUT2D eigenvalue weighted by atomic mass is 10.2. The number of anilines is 1. The van der Waals surface area contributed by atoms with Gasteiger partial charge in [-0.3, -0.25) is 0 Å². The van der Waals surface area contributed by atoms with E-state index in [-0.39, 0.29) is 0 Å². The first kappa shape index (κ1) is 12.3. The average molecular weight is 292 g/mol. The van der Waals surface area contributed by atoms with Gasteiger partial charge >= 0.3 is 0 Å². The molecule has 0 saturated carbocycles. The molecule has 1 heterocycles. The van der Waals surface area contributed by atoms with Gasteiger partial charge in [0.15, 0.2) is 0 Å². The van der Waals surface area contributed by atoms with Crippen molar-refractivity contribution >= 4 is 40.2 Å². The SMILES string of the molecule is Nc1nc2cc(Cl)ccc2n1Cc1ccccc1Cl. The minimum Gasteiger partial charge on any atom is -0.369 e. The molecule has 0 amide bonds. The van der Waals surface area contributed by atoms with E-state index in [0.717, 1.165) is 21.6 Å². The summed E-state index contributed by atoms with van der Waals surface area (Å²) in [6.07, 6.45) is 0. The van der Waals surface area contributed by atoms with Crippen LogP contribution in [0.5, 0.6) is 0 Å². The van der Waals surface area contributed by atoms with Gasteiger partial charge in [-0.1, -0.05) is 41.4 Å². The van der Waals surface area contributed by atoms with E-state index >= 15 is 0 Å². The van der Waals surface area contributed by atoms with Crippen LogP contribution < -0.4 is 5.73 Å². The standard InChI is InChI=1S/C14H11Cl2N3/c15-10-5-6-13-12(7-10)18-14(17)19(13)8-9-3-1-2-4-11(9)16/h1-7H,8H2,(H2,17,18). The Morgan fingerprint density at radius 1 is 1.11 bits per heavy atom. The van der Waals surface area contributed by atoms with Crippen molar-refractivity contribution in [2.45, 2.75) is 6.54 Å². The number of nitrogen functional groups attached to an aromatic ring is 1. The fourth-order valence-corrected chi connectivity index (χ4v) is 2.45. The van der Waals surface area contributed by atoms with E-state index in [1.807, 2.05) is 41.0 Å². The van der Waals surface area contributed by atoms with Gasteiger partial charge in [0, 0.05) is 10.0 Å². The molecule has 0 bridgehead atoms. The molecule has 1 aromatic heterocycles. The van der Waals surface area contributed by atoms with E-state index < -0.39 is 0 Å². The molecule has 0 aliphatic heterocycles. The average Bonchev–Trinajstić information content (AvgIpc) is 2.68. The quantitative estimate of drug-likeness (QED) is 0.776. The number of nitrogens with two attached hydrogens (primary N) is 1. The number of rotatable bonds is 2. The minimum atomic E-state index is 0.456. The zero-order chi connectivity index (χ0) is 13.4. The molecule has 0 fully saturated rings. The van der Waals surface area contributed by atoms with Crippen molar-refractivity contribution in [3.05, 3.63) is 58.1 Å². The number of benzene rings is 2. The summed E-state index contributed by atoms with van der Waals surface area (Å²) in [5, 5.41) is 1.37. The van der Waals surface area contributed by atoms with Gasteiger partial charge in [0.25, 0.3) is 0 Å². The summed E-state index contributed by atoms with van der Waals surface area (Å²) in [4.78, 5) is 4.31. The van der Waals surface area contributed by atoms with Crippen molar-refractivity contribution < 1.29 is 0 Å². The van der Waals surface area contributed by atoms with Gasteiger partial charge in [-0.2, -0.15) is 0 Å². The van der Waals surface area contributed by atoms with Crippen molar-refractivity contribution in [2.24, 2.45) is 0 Å². The van der Waals surface area contributed by atoms with Gasteiger partial charge in [-0.25, -0.2) is 4.98 Å². The molecule has 0 saturated heterocycles. The molecule has 0 spiro atoms. The van der Waals surface area contributed by atoms with Crippen LogP contribution in [0.4, 0.5) is 5.95 Å². The molecule has 96 valence electrons. The highest BCUT2D eigenvalue weighted by atomic mass is 35.5. The number of aromatic nitrogens is 2. The van der Waals surface area contributed by atoms with Crippen molar-refractivity contribution in [1.82, 2.24) is 9.55 Å². The third kappa shape index (κ3) is 2.27. The number of halogens is 2. The van der Waals surface area contributed by atoms with Crippen molar-refractivity contribution in [3.63, 3.8) is 0 Å². The lowest BCUT2D eigenvalue weighted by molar-refractivity contribution is 0.839. The highest BCUT2D eigenvalue weighted by Crippen LogP contribution is 2.24. The van der Waals surface area contributed by atoms with E-state index in [4.69, 9.17) is 28.9 Å². The van der Waals surface area contributed by atoms with Crippen molar-refractivity contribution in [1.29, 1.82) is 0 Å². The first-order valence-electron chi connectivity index (χ1n) is 5.80. The predicted molar refractivity (Wildman–Crippen MR) is 79.7 cm³/mol. The Bertz CT molecular complexity index is 750. The maximum absolute atomic E-state index is 6.17. The van der Waals surface area contributed by atoms with Crippen LogP contribution in [0.3, 0.4) is 0 Å². The number of imidazole rings is 1. The van der Waals surface area contributed by atoms with E-state index in [1.54, 1.807) is 6.07 Å². The summed E-state index contributed by atoms with van der Waals surface area (Å²) in [5.41, 5.74) is 8.71. The maximum Gasteiger partial charge on any atom is 0.201 e. The van der Waals surface area contributed by atoms with Crippen LogP contribution in [-0.4, -0.2) is 9.55 Å². The fraction of sp³-hybridized carbons (Fsp3) is 0.0714. The molecule has 0 unspecified atom stereocenters. The first-order chi connectivity index (χ1) is 9.15. The summed E-state index contributed by atoms with van der Waals surface area (Å²) >= 11 is 12.1. The predicted octanol–water partition coefficient (Wildman–Crippen LogP) is 3.97. The Kier molecular flexibility index (Phi) is 3.09. The zero-order valence-electron chi connectivity index (χ0n) is 9.98. The lowest BCUT2D eigenvalue weighted by Gasteiger charge is -2.08. The maximum atomic E-state index is 6.17. The van der Waals surface area contributed by atoms with Crippen LogP contribution in [0.25, 0.3) is 11.0 Å². The molecule has 3 nitrogen and oxygen atoms in total. The van der Waals surface area contributed by atoms with Crippen LogP contribution in [0.15, 0.2) is 42.5 Å². The largest absolute Gasteiger partial charge is 0.369 e. The van der Waals surface area contributed by atoms with Gasteiger partial charge in [-0.05, 0) is 29.8 Å². The molecular weight excluding hydrogens is 281 g/mol. The Morgan fingerprint density at radius 2 is 1.89 bits per heavy atom. The summed E-state index contributed by atoms with van der Waals surface area (Å²) < 4.78 is 1.92.